The largest absolute Gasteiger partial charge is 0.331 e. The summed E-state index contributed by atoms with van der Waals surface area (Å²) in [5.74, 6) is 1.94. The molecule has 1 N–H and O–H groups in total. The molecule has 2 fully saturated rings. The Balaban J connectivity index is 1.60. The molecule has 3 rings (SSSR count). The highest BCUT2D eigenvalue weighted by atomic mass is 15.1. The van der Waals surface area contributed by atoms with Crippen molar-refractivity contribution in [1.29, 1.82) is 0 Å². The third-order valence-corrected chi connectivity index (χ3v) is 4.08. The predicted octanol–water partition coefficient (Wildman–Crippen LogP) is 2.74. The van der Waals surface area contributed by atoms with Crippen LogP contribution in [-0.4, -0.2) is 15.6 Å². The summed E-state index contributed by atoms with van der Waals surface area (Å²) in [4.78, 5) is 4.27. The van der Waals surface area contributed by atoms with Gasteiger partial charge >= 0.3 is 0 Å². The van der Waals surface area contributed by atoms with Crippen LogP contribution in [0.1, 0.15) is 51.3 Å². The monoisotopic (exact) mass is 233 g/mol. The lowest BCUT2D eigenvalue weighted by Gasteiger charge is -2.19. The van der Waals surface area contributed by atoms with Crippen LogP contribution < -0.4 is 5.32 Å². The summed E-state index contributed by atoms with van der Waals surface area (Å²) < 4.78 is 2.27. The van der Waals surface area contributed by atoms with Crippen molar-refractivity contribution in [3.05, 3.63) is 18.2 Å². The molecule has 0 bridgehead atoms. The standard InChI is InChI=1S/C14H23N3/c1-10(2)17-9-15-7-13(17)8-16-14(11-3-4-11)12-5-6-12/h7,9-12,14,16H,3-6,8H2,1-2H3. The maximum absolute atomic E-state index is 4.27. The van der Waals surface area contributed by atoms with Gasteiger partial charge in [-0.2, -0.15) is 0 Å². The Labute approximate surface area is 104 Å². The van der Waals surface area contributed by atoms with E-state index in [9.17, 15) is 0 Å². The van der Waals surface area contributed by atoms with Crippen molar-refractivity contribution in [2.24, 2.45) is 11.8 Å². The van der Waals surface area contributed by atoms with Crippen LogP contribution in [0.5, 0.6) is 0 Å². The topological polar surface area (TPSA) is 29.9 Å². The highest BCUT2D eigenvalue weighted by Crippen LogP contribution is 2.44. The van der Waals surface area contributed by atoms with Gasteiger partial charge in [-0.1, -0.05) is 0 Å². The van der Waals surface area contributed by atoms with Crippen LogP contribution in [0.3, 0.4) is 0 Å². The van der Waals surface area contributed by atoms with Gasteiger partial charge in [0, 0.05) is 24.8 Å². The second-order valence-electron chi connectivity index (χ2n) is 5.97. The molecule has 3 heteroatoms. The first-order valence-electron chi connectivity index (χ1n) is 7.00. The summed E-state index contributed by atoms with van der Waals surface area (Å²) in [6, 6.07) is 1.29. The Kier molecular flexibility index (Phi) is 2.95. The maximum Gasteiger partial charge on any atom is 0.0951 e. The van der Waals surface area contributed by atoms with Gasteiger partial charge < -0.3 is 9.88 Å². The van der Waals surface area contributed by atoms with E-state index < -0.39 is 0 Å². The van der Waals surface area contributed by atoms with E-state index in [1.807, 2.05) is 12.5 Å². The fourth-order valence-electron chi connectivity index (χ4n) is 2.79. The van der Waals surface area contributed by atoms with E-state index in [1.165, 1.54) is 31.4 Å². The number of hydrogen-bond acceptors (Lipinski definition) is 2. The van der Waals surface area contributed by atoms with Crippen molar-refractivity contribution in [3.8, 4) is 0 Å². The molecule has 1 aromatic heterocycles. The molecule has 0 unspecified atom stereocenters. The Hall–Kier alpha value is -0.830. The molecular weight excluding hydrogens is 210 g/mol. The van der Waals surface area contributed by atoms with Crippen molar-refractivity contribution in [1.82, 2.24) is 14.9 Å². The van der Waals surface area contributed by atoms with Gasteiger partial charge in [0.2, 0.25) is 0 Å². The summed E-state index contributed by atoms with van der Waals surface area (Å²) >= 11 is 0. The lowest BCUT2D eigenvalue weighted by atomic mass is 10.1. The minimum atomic E-state index is 0.509. The molecule has 0 saturated heterocycles. The lowest BCUT2D eigenvalue weighted by molar-refractivity contribution is 0.406. The zero-order valence-corrected chi connectivity index (χ0v) is 10.9. The SMILES string of the molecule is CC(C)n1cncc1CNC(C1CC1)C1CC1. The van der Waals surface area contributed by atoms with Crippen molar-refractivity contribution in [2.75, 3.05) is 0 Å². The summed E-state index contributed by atoms with van der Waals surface area (Å²) in [6.07, 6.45) is 9.72. The normalized spacial score (nSPS) is 20.5. The van der Waals surface area contributed by atoms with Crippen LogP contribution in [0.15, 0.2) is 12.5 Å². The second kappa shape index (κ2) is 4.45. The van der Waals surface area contributed by atoms with E-state index >= 15 is 0 Å². The molecule has 0 radical (unpaired) electrons. The smallest absolute Gasteiger partial charge is 0.0951 e. The van der Waals surface area contributed by atoms with Crippen LogP contribution in [0.2, 0.25) is 0 Å². The quantitative estimate of drug-likeness (QED) is 0.818. The van der Waals surface area contributed by atoms with Crippen LogP contribution >= 0.6 is 0 Å². The molecule has 0 spiro atoms. The summed E-state index contributed by atoms with van der Waals surface area (Å²) in [5.41, 5.74) is 1.33. The van der Waals surface area contributed by atoms with Crippen LogP contribution in [0.25, 0.3) is 0 Å². The zero-order chi connectivity index (χ0) is 11.8. The van der Waals surface area contributed by atoms with E-state index in [0.717, 1.165) is 24.4 Å². The lowest BCUT2D eigenvalue weighted by Crippen LogP contribution is -2.33. The van der Waals surface area contributed by atoms with E-state index in [-0.39, 0.29) is 0 Å². The van der Waals surface area contributed by atoms with Gasteiger partial charge in [0.05, 0.1) is 12.0 Å². The molecule has 2 aliphatic rings. The average molecular weight is 233 g/mol. The first-order valence-corrected chi connectivity index (χ1v) is 7.00. The molecule has 17 heavy (non-hydrogen) atoms. The summed E-state index contributed by atoms with van der Waals surface area (Å²) in [7, 11) is 0. The van der Waals surface area contributed by atoms with Gasteiger partial charge in [-0.25, -0.2) is 4.98 Å². The van der Waals surface area contributed by atoms with E-state index in [4.69, 9.17) is 0 Å². The number of hydrogen-bond donors (Lipinski definition) is 1. The fraction of sp³-hybridized carbons (Fsp3) is 0.786. The summed E-state index contributed by atoms with van der Waals surface area (Å²) in [6.45, 7) is 5.41. The highest BCUT2D eigenvalue weighted by Gasteiger charge is 2.41. The molecule has 2 aliphatic carbocycles. The van der Waals surface area contributed by atoms with Crippen molar-refractivity contribution < 1.29 is 0 Å². The first-order chi connectivity index (χ1) is 8.25. The van der Waals surface area contributed by atoms with Crippen molar-refractivity contribution in [2.45, 2.75) is 58.2 Å². The minimum absolute atomic E-state index is 0.509. The average Bonchev–Trinajstić information content (AvgIpc) is 3.19. The van der Waals surface area contributed by atoms with Gasteiger partial charge in [-0.05, 0) is 51.4 Å². The number of imidazole rings is 1. The molecule has 1 heterocycles. The fourth-order valence-corrected chi connectivity index (χ4v) is 2.79. The predicted molar refractivity (Wildman–Crippen MR) is 68.7 cm³/mol. The molecule has 1 aromatic rings. The zero-order valence-electron chi connectivity index (χ0n) is 10.9. The third kappa shape index (κ3) is 2.54. The van der Waals surface area contributed by atoms with Crippen LogP contribution in [-0.2, 0) is 6.54 Å². The molecule has 0 amide bonds. The number of rotatable bonds is 6. The molecule has 94 valence electrons. The Bertz CT molecular complexity index is 363. The molecule has 0 atom stereocenters. The maximum atomic E-state index is 4.27. The minimum Gasteiger partial charge on any atom is -0.331 e. The first kappa shape index (κ1) is 11.3. The Morgan fingerprint density at radius 2 is 1.94 bits per heavy atom. The Morgan fingerprint density at radius 1 is 1.29 bits per heavy atom. The number of aromatic nitrogens is 2. The van der Waals surface area contributed by atoms with Gasteiger partial charge in [0.1, 0.15) is 0 Å². The molecule has 3 nitrogen and oxygen atoms in total. The van der Waals surface area contributed by atoms with Crippen molar-refractivity contribution in [3.63, 3.8) is 0 Å². The van der Waals surface area contributed by atoms with E-state index in [0.29, 0.717) is 6.04 Å². The molecule has 2 saturated carbocycles. The molecular formula is C14H23N3. The molecule has 0 aliphatic heterocycles. The number of nitrogens with zero attached hydrogens (tertiary/aromatic N) is 2. The number of nitrogens with one attached hydrogen (secondary N) is 1. The van der Waals surface area contributed by atoms with Crippen molar-refractivity contribution >= 4 is 0 Å². The van der Waals surface area contributed by atoms with Gasteiger partial charge in [0.15, 0.2) is 0 Å². The van der Waals surface area contributed by atoms with Crippen LogP contribution in [0, 0.1) is 11.8 Å². The third-order valence-electron chi connectivity index (χ3n) is 4.08. The highest BCUT2D eigenvalue weighted by molar-refractivity contribution is 5.02. The second-order valence-corrected chi connectivity index (χ2v) is 5.97. The van der Waals surface area contributed by atoms with Gasteiger partial charge in [-0.15, -0.1) is 0 Å². The van der Waals surface area contributed by atoms with E-state index in [2.05, 4.69) is 28.7 Å². The van der Waals surface area contributed by atoms with Crippen LogP contribution in [0.4, 0.5) is 0 Å². The molecule has 0 aromatic carbocycles. The van der Waals surface area contributed by atoms with Gasteiger partial charge in [0.25, 0.3) is 0 Å². The van der Waals surface area contributed by atoms with Gasteiger partial charge in [-0.3, -0.25) is 0 Å². The Morgan fingerprint density at radius 3 is 2.47 bits per heavy atom. The summed E-state index contributed by atoms with van der Waals surface area (Å²) in [5, 5.41) is 3.78. The van der Waals surface area contributed by atoms with E-state index in [1.54, 1.807) is 0 Å².